The maximum atomic E-state index is 12.3. The lowest BCUT2D eigenvalue weighted by Crippen LogP contribution is -2.34. The molecule has 0 amide bonds. The maximum absolute atomic E-state index is 12.3. The monoisotopic (exact) mass is 382 g/mol. The molecule has 4 aromatic rings. The Kier molecular flexibility index (Phi) is 4.07. The van der Waals surface area contributed by atoms with Gasteiger partial charge >= 0.3 is 0 Å². The summed E-state index contributed by atoms with van der Waals surface area (Å²) in [6.07, 6.45) is 3.49. The van der Waals surface area contributed by atoms with Crippen molar-refractivity contribution in [3.8, 4) is 0 Å². The molecule has 0 bridgehead atoms. The first-order valence-electron chi connectivity index (χ1n) is 8.84. The molecule has 0 radical (unpaired) electrons. The molecule has 1 atom stereocenters. The van der Waals surface area contributed by atoms with Gasteiger partial charge in [-0.25, -0.2) is 9.97 Å². The molecule has 1 aromatic carbocycles. The van der Waals surface area contributed by atoms with Gasteiger partial charge in [-0.15, -0.1) is 22.7 Å². The zero-order chi connectivity index (χ0) is 17.5. The number of nitrogens with zero attached hydrogens (tertiary/aromatic N) is 3. The predicted octanol–water partition coefficient (Wildman–Crippen LogP) is 4.32. The number of likely N-dealkylation sites (tertiary alicyclic amines) is 1. The van der Waals surface area contributed by atoms with Gasteiger partial charge in [0.1, 0.15) is 15.5 Å². The molecule has 1 aliphatic rings. The van der Waals surface area contributed by atoms with Crippen molar-refractivity contribution in [2.75, 3.05) is 6.54 Å². The van der Waals surface area contributed by atoms with Gasteiger partial charge < -0.3 is 4.98 Å². The van der Waals surface area contributed by atoms with E-state index in [0.717, 1.165) is 29.8 Å². The largest absolute Gasteiger partial charge is 0.308 e. The van der Waals surface area contributed by atoms with Gasteiger partial charge in [-0.2, -0.15) is 0 Å². The SMILES string of the molecule is O=c1[nH]c(CN2CCCC[C@H]2c2nc3ccccc3s2)nc2ccsc12. The number of piperidine rings is 1. The molecular formula is C19H18N4OS2. The van der Waals surface area contributed by atoms with Crippen molar-refractivity contribution in [1.29, 1.82) is 0 Å². The van der Waals surface area contributed by atoms with Crippen molar-refractivity contribution >= 4 is 43.1 Å². The van der Waals surface area contributed by atoms with E-state index in [4.69, 9.17) is 4.98 Å². The molecule has 5 nitrogen and oxygen atoms in total. The Labute approximate surface area is 158 Å². The third kappa shape index (κ3) is 2.86. The van der Waals surface area contributed by atoms with E-state index < -0.39 is 0 Å². The van der Waals surface area contributed by atoms with Gasteiger partial charge in [0.25, 0.3) is 5.56 Å². The molecule has 0 unspecified atom stereocenters. The number of thiophene rings is 1. The average Bonchev–Trinajstić information content (AvgIpc) is 3.29. The Hall–Kier alpha value is -2.09. The van der Waals surface area contributed by atoms with Crippen LogP contribution in [0.2, 0.25) is 0 Å². The van der Waals surface area contributed by atoms with Crippen LogP contribution in [0.4, 0.5) is 0 Å². The van der Waals surface area contributed by atoms with Crippen LogP contribution in [0.25, 0.3) is 20.4 Å². The minimum absolute atomic E-state index is 0.0338. The molecule has 1 saturated heterocycles. The summed E-state index contributed by atoms with van der Waals surface area (Å²) in [5.41, 5.74) is 1.83. The van der Waals surface area contributed by atoms with Crippen LogP contribution in [0.15, 0.2) is 40.5 Å². The lowest BCUT2D eigenvalue weighted by Gasteiger charge is -2.33. The molecule has 0 saturated carbocycles. The molecule has 132 valence electrons. The van der Waals surface area contributed by atoms with Crippen LogP contribution < -0.4 is 5.56 Å². The van der Waals surface area contributed by atoms with E-state index in [2.05, 4.69) is 33.1 Å². The standard InChI is InChI=1S/C19H18N4OS2/c24-18-17-13(8-10-25-17)20-16(22-18)11-23-9-4-3-6-14(23)19-21-12-5-1-2-7-15(12)26-19/h1-2,5,7-8,10,14H,3-4,6,9,11H2,(H,20,22,24)/t14-/m0/s1. The van der Waals surface area contributed by atoms with E-state index in [9.17, 15) is 4.79 Å². The highest BCUT2D eigenvalue weighted by Crippen LogP contribution is 2.36. The Morgan fingerprint density at radius 1 is 1.15 bits per heavy atom. The van der Waals surface area contributed by atoms with Gasteiger partial charge in [0.05, 0.1) is 28.3 Å². The number of fused-ring (bicyclic) bond motifs is 2. The number of aromatic nitrogens is 3. The first-order chi connectivity index (χ1) is 12.8. The summed E-state index contributed by atoms with van der Waals surface area (Å²) < 4.78 is 1.94. The lowest BCUT2D eigenvalue weighted by molar-refractivity contribution is 0.137. The topological polar surface area (TPSA) is 61.9 Å². The third-order valence-electron chi connectivity index (χ3n) is 4.93. The van der Waals surface area contributed by atoms with Crippen molar-refractivity contribution < 1.29 is 0 Å². The van der Waals surface area contributed by atoms with E-state index in [1.165, 1.54) is 33.9 Å². The first-order valence-corrected chi connectivity index (χ1v) is 10.5. The maximum Gasteiger partial charge on any atom is 0.268 e. The number of para-hydroxylation sites is 1. The number of hydrogen-bond acceptors (Lipinski definition) is 6. The predicted molar refractivity (Wildman–Crippen MR) is 107 cm³/mol. The Morgan fingerprint density at radius 2 is 2.08 bits per heavy atom. The number of nitrogens with one attached hydrogen (secondary N) is 1. The molecule has 1 N–H and O–H groups in total. The van der Waals surface area contributed by atoms with Crippen molar-refractivity contribution in [2.45, 2.75) is 31.8 Å². The lowest BCUT2D eigenvalue weighted by atomic mass is 10.0. The summed E-state index contributed by atoms with van der Waals surface area (Å²) in [6, 6.07) is 10.5. The fraction of sp³-hybridized carbons (Fsp3) is 0.316. The van der Waals surface area contributed by atoms with Crippen molar-refractivity contribution in [3.05, 3.63) is 56.9 Å². The van der Waals surface area contributed by atoms with Crippen LogP contribution >= 0.6 is 22.7 Å². The summed E-state index contributed by atoms with van der Waals surface area (Å²) in [6.45, 7) is 1.66. The molecule has 4 heterocycles. The van der Waals surface area contributed by atoms with Crippen LogP contribution in [-0.2, 0) is 6.54 Å². The smallest absolute Gasteiger partial charge is 0.268 e. The molecule has 3 aromatic heterocycles. The van der Waals surface area contributed by atoms with E-state index >= 15 is 0 Å². The molecular weight excluding hydrogens is 364 g/mol. The van der Waals surface area contributed by atoms with E-state index in [0.29, 0.717) is 17.3 Å². The van der Waals surface area contributed by atoms with Gasteiger partial charge in [0, 0.05) is 0 Å². The van der Waals surface area contributed by atoms with Crippen LogP contribution in [-0.4, -0.2) is 26.4 Å². The van der Waals surface area contributed by atoms with Gasteiger partial charge in [0.15, 0.2) is 0 Å². The molecule has 26 heavy (non-hydrogen) atoms. The zero-order valence-corrected chi connectivity index (χ0v) is 15.8. The van der Waals surface area contributed by atoms with Gasteiger partial charge in [-0.3, -0.25) is 9.69 Å². The molecule has 7 heteroatoms. The Morgan fingerprint density at radius 3 is 3.00 bits per heavy atom. The second-order valence-electron chi connectivity index (χ2n) is 6.65. The number of benzene rings is 1. The molecule has 0 aliphatic carbocycles. The van der Waals surface area contributed by atoms with E-state index in [-0.39, 0.29) is 5.56 Å². The van der Waals surface area contributed by atoms with Gasteiger partial charge in [-0.05, 0) is 43.0 Å². The molecule has 1 fully saturated rings. The van der Waals surface area contributed by atoms with Crippen molar-refractivity contribution in [2.24, 2.45) is 0 Å². The van der Waals surface area contributed by atoms with Crippen LogP contribution in [0.1, 0.15) is 36.1 Å². The first kappa shape index (κ1) is 16.1. The fourth-order valence-corrected chi connectivity index (χ4v) is 5.54. The number of rotatable bonds is 3. The minimum Gasteiger partial charge on any atom is -0.308 e. The summed E-state index contributed by atoms with van der Waals surface area (Å²) in [5, 5.41) is 3.09. The highest BCUT2D eigenvalue weighted by Gasteiger charge is 2.27. The Balaban J connectivity index is 1.48. The average molecular weight is 383 g/mol. The highest BCUT2D eigenvalue weighted by molar-refractivity contribution is 7.18. The summed E-state index contributed by atoms with van der Waals surface area (Å²) in [4.78, 5) is 27.2. The number of thiazole rings is 1. The molecule has 1 aliphatic heterocycles. The fourth-order valence-electron chi connectivity index (χ4n) is 3.68. The zero-order valence-electron chi connectivity index (χ0n) is 14.1. The van der Waals surface area contributed by atoms with Crippen LogP contribution in [0.3, 0.4) is 0 Å². The number of H-pyrrole nitrogens is 1. The highest BCUT2D eigenvalue weighted by atomic mass is 32.1. The molecule has 5 rings (SSSR count). The van der Waals surface area contributed by atoms with Crippen molar-refractivity contribution in [3.63, 3.8) is 0 Å². The van der Waals surface area contributed by atoms with Crippen LogP contribution in [0.5, 0.6) is 0 Å². The van der Waals surface area contributed by atoms with Crippen LogP contribution in [0, 0.1) is 0 Å². The number of aromatic amines is 1. The minimum atomic E-state index is -0.0338. The second-order valence-corrected chi connectivity index (χ2v) is 8.63. The Bertz CT molecular complexity index is 1100. The third-order valence-corrected chi connectivity index (χ3v) is 6.97. The summed E-state index contributed by atoms with van der Waals surface area (Å²) in [7, 11) is 0. The van der Waals surface area contributed by atoms with E-state index in [1.807, 2.05) is 17.5 Å². The second kappa shape index (κ2) is 6.57. The normalized spacial score (nSPS) is 18.7. The quantitative estimate of drug-likeness (QED) is 0.573. The summed E-state index contributed by atoms with van der Waals surface area (Å²) >= 11 is 3.22. The van der Waals surface area contributed by atoms with E-state index in [1.54, 1.807) is 11.3 Å². The summed E-state index contributed by atoms with van der Waals surface area (Å²) in [5.74, 6) is 0.744. The van der Waals surface area contributed by atoms with Gasteiger partial charge in [-0.1, -0.05) is 18.6 Å². The number of hydrogen-bond donors (Lipinski definition) is 1. The van der Waals surface area contributed by atoms with Gasteiger partial charge in [0.2, 0.25) is 0 Å². The van der Waals surface area contributed by atoms with Crippen molar-refractivity contribution in [1.82, 2.24) is 19.9 Å². The molecule has 0 spiro atoms.